The second-order valence-electron chi connectivity index (χ2n) is 0.811. The van der Waals surface area contributed by atoms with Crippen LogP contribution in [-0.2, 0) is 0 Å². The summed E-state index contributed by atoms with van der Waals surface area (Å²) in [6, 6.07) is 0. The summed E-state index contributed by atoms with van der Waals surface area (Å²) < 4.78 is 0. The molecule has 0 saturated heterocycles. The molecule has 0 fully saturated rings. The lowest BCUT2D eigenvalue weighted by Gasteiger charge is -1.37. The van der Waals surface area contributed by atoms with E-state index in [1.54, 1.807) is 6.33 Å². The normalized spacial score (nSPS) is 6.67. The van der Waals surface area contributed by atoms with E-state index in [2.05, 4.69) is 9.97 Å². The van der Waals surface area contributed by atoms with Crippen molar-refractivity contribution in [2.45, 2.75) is 0 Å². The zero-order chi connectivity index (χ0) is 3.54. The third kappa shape index (κ3) is 1.21. The standard InChI is InChI=1S/C3H4N2.BrH/c1-2-5-3-4-1;/h1-3H,(H,4,5);1H. The van der Waals surface area contributed by atoms with Crippen LogP contribution in [0, 0.1) is 0 Å². The van der Waals surface area contributed by atoms with Crippen molar-refractivity contribution >= 4 is 0 Å². The molecule has 0 amide bonds. The molecule has 0 aromatic carbocycles. The second kappa shape index (κ2) is 2.90. The van der Waals surface area contributed by atoms with Crippen molar-refractivity contribution in [2.24, 2.45) is 0 Å². The highest BCUT2D eigenvalue weighted by molar-refractivity contribution is 4.52. The third-order valence-electron chi connectivity index (χ3n) is 0.442. The molecule has 1 heterocycles. The fraction of sp³-hybridized carbons (Fsp3) is 0. The maximum atomic E-state index is 2.81. The first-order valence-corrected chi connectivity index (χ1v) is 1.49. The molecule has 34 valence electrons. The van der Waals surface area contributed by atoms with Gasteiger partial charge in [-0.3, -0.25) is 9.97 Å². The lowest BCUT2D eigenvalue weighted by molar-refractivity contribution is -0.375. The molecule has 0 aliphatic rings. The smallest absolute Gasteiger partial charge is 0.239 e. The van der Waals surface area contributed by atoms with Crippen molar-refractivity contribution in [1.29, 1.82) is 0 Å². The van der Waals surface area contributed by atoms with Crippen LogP contribution in [0.25, 0.3) is 0 Å². The molecule has 0 saturated carbocycles. The largest absolute Gasteiger partial charge is 1.00 e. The highest BCUT2D eigenvalue weighted by atomic mass is 79.9. The van der Waals surface area contributed by atoms with E-state index in [1.165, 1.54) is 0 Å². The van der Waals surface area contributed by atoms with E-state index in [0.29, 0.717) is 0 Å². The molecule has 2 nitrogen and oxygen atoms in total. The summed E-state index contributed by atoms with van der Waals surface area (Å²) in [4.78, 5) is 5.61. The van der Waals surface area contributed by atoms with Gasteiger partial charge in [0.25, 0.3) is 0 Å². The molecule has 1 aromatic heterocycles. The zero-order valence-corrected chi connectivity index (χ0v) is 4.70. The molecule has 2 N–H and O–H groups in total. The van der Waals surface area contributed by atoms with Crippen LogP contribution in [0.2, 0.25) is 0 Å². The maximum absolute atomic E-state index is 2.81. The Morgan fingerprint density at radius 2 is 2.33 bits per heavy atom. The first kappa shape index (κ1) is 5.69. The Morgan fingerprint density at radius 3 is 2.50 bits per heavy atom. The average molecular weight is 149 g/mol. The Balaban J connectivity index is 0.000000250. The van der Waals surface area contributed by atoms with Gasteiger partial charge in [0.15, 0.2) is 0 Å². The first-order valence-electron chi connectivity index (χ1n) is 1.49. The number of aromatic amines is 2. The van der Waals surface area contributed by atoms with Gasteiger partial charge < -0.3 is 17.0 Å². The topological polar surface area (TPSA) is 29.9 Å². The fourth-order valence-corrected chi connectivity index (χ4v) is 0.241. The molecule has 0 spiro atoms. The average Bonchev–Trinajstić information content (AvgIpc) is 1.76. The summed E-state index contributed by atoms with van der Waals surface area (Å²) >= 11 is 0. The lowest BCUT2D eigenvalue weighted by atomic mass is 11.0. The van der Waals surface area contributed by atoms with Gasteiger partial charge in [0.2, 0.25) is 6.33 Å². The van der Waals surface area contributed by atoms with Gasteiger partial charge in [0.1, 0.15) is 12.4 Å². The molecule has 0 radical (unpaired) electrons. The quantitative estimate of drug-likeness (QED) is 0.403. The summed E-state index contributed by atoms with van der Waals surface area (Å²) in [6.45, 7) is 0. The van der Waals surface area contributed by atoms with Crippen molar-refractivity contribution in [3.63, 3.8) is 0 Å². The molecule has 0 bridgehead atoms. The van der Waals surface area contributed by atoms with E-state index >= 15 is 0 Å². The third-order valence-corrected chi connectivity index (χ3v) is 0.442. The fourth-order valence-electron chi connectivity index (χ4n) is 0.241. The number of hydrogen-bond donors (Lipinski definition) is 1. The first-order chi connectivity index (χ1) is 2.50. The zero-order valence-electron chi connectivity index (χ0n) is 3.11. The van der Waals surface area contributed by atoms with Crippen LogP contribution in [0.5, 0.6) is 0 Å². The van der Waals surface area contributed by atoms with Crippen LogP contribution in [-0.4, -0.2) is 4.98 Å². The number of H-pyrrole nitrogens is 2. The van der Waals surface area contributed by atoms with Crippen molar-refractivity contribution in [2.75, 3.05) is 0 Å². The Kier molecular flexibility index (Phi) is 2.75. The Hall–Kier alpha value is -0.310. The van der Waals surface area contributed by atoms with E-state index < -0.39 is 0 Å². The molecule has 1 aromatic rings. The molecule has 0 aliphatic heterocycles. The summed E-state index contributed by atoms with van der Waals surface area (Å²) in [7, 11) is 0. The van der Waals surface area contributed by atoms with Crippen LogP contribution >= 0.6 is 0 Å². The molecule has 0 atom stereocenters. The van der Waals surface area contributed by atoms with E-state index in [4.69, 9.17) is 0 Å². The number of halogens is 1. The number of nitrogens with one attached hydrogen (secondary N) is 2. The van der Waals surface area contributed by atoms with Gasteiger partial charge in [-0.15, -0.1) is 0 Å². The molecular formula is C3H5BrN2. The molecule has 3 heteroatoms. The lowest BCUT2D eigenvalue weighted by Crippen LogP contribution is -3.00. The summed E-state index contributed by atoms with van der Waals surface area (Å²) in [5, 5.41) is 0. The number of rotatable bonds is 0. The Bertz CT molecular complexity index is 65.3. The van der Waals surface area contributed by atoms with E-state index in [-0.39, 0.29) is 17.0 Å². The van der Waals surface area contributed by atoms with E-state index in [1.807, 2.05) is 12.4 Å². The second-order valence-corrected chi connectivity index (χ2v) is 0.811. The van der Waals surface area contributed by atoms with Gasteiger partial charge in [0, 0.05) is 0 Å². The van der Waals surface area contributed by atoms with Gasteiger partial charge in [-0.05, 0) is 0 Å². The molecule has 0 aliphatic carbocycles. The van der Waals surface area contributed by atoms with Crippen molar-refractivity contribution in [3.05, 3.63) is 18.7 Å². The molecule has 1 rings (SSSR count). The summed E-state index contributed by atoms with van der Waals surface area (Å²) in [5.41, 5.74) is 0. The summed E-state index contributed by atoms with van der Waals surface area (Å²) in [6.07, 6.45) is 5.39. The van der Waals surface area contributed by atoms with Crippen molar-refractivity contribution in [1.82, 2.24) is 4.98 Å². The Morgan fingerprint density at radius 1 is 1.50 bits per heavy atom. The predicted molar refractivity (Wildman–Crippen MR) is 17.3 cm³/mol. The molecular weight excluding hydrogens is 144 g/mol. The minimum atomic E-state index is 0. The van der Waals surface area contributed by atoms with E-state index in [0.717, 1.165) is 0 Å². The predicted octanol–water partition coefficient (Wildman–Crippen LogP) is -3.17. The van der Waals surface area contributed by atoms with Gasteiger partial charge >= 0.3 is 0 Å². The maximum Gasteiger partial charge on any atom is 0.239 e. The van der Waals surface area contributed by atoms with Crippen LogP contribution in [0.15, 0.2) is 18.7 Å². The van der Waals surface area contributed by atoms with Gasteiger partial charge in [0.05, 0.1) is 0 Å². The van der Waals surface area contributed by atoms with Crippen LogP contribution in [0.3, 0.4) is 0 Å². The van der Waals surface area contributed by atoms with Crippen LogP contribution < -0.4 is 22.0 Å². The highest BCUT2D eigenvalue weighted by Crippen LogP contribution is 1.53. The van der Waals surface area contributed by atoms with Crippen LogP contribution in [0.1, 0.15) is 0 Å². The van der Waals surface area contributed by atoms with Crippen molar-refractivity contribution < 1.29 is 22.0 Å². The SMILES string of the molecule is [Br-].c1c[nH+]c[nH]1. The van der Waals surface area contributed by atoms with Gasteiger partial charge in [-0.2, -0.15) is 0 Å². The molecule has 0 unspecified atom stereocenters. The van der Waals surface area contributed by atoms with E-state index in [9.17, 15) is 0 Å². The summed E-state index contributed by atoms with van der Waals surface area (Å²) in [5.74, 6) is 0. The number of aromatic nitrogens is 2. The van der Waals surface area contributed by atoms with Gasteiger partial charge in [-0.1, -0.05) is 0 Å². The number of hydrogen-bond acceptors (Lipinski definition) is 0. The van der Waals surface area contributed by atoms with Gasteiger partial charge in [-0.25, -0.2) is 0 Å². The van der Waals surface area contributed by atoms with Crippen LogP contribution in [0.4, 0.5) is 0 Å². The monoisotopic (exact) mass is 148 g/mol. The number of imidazole rings is 1. The minimum Gasteiger partial charge on any atom is -1.00 e. The van der Waals surface area contributed by atoms with Crippen molar-refractivity contribution in [3.8, 4) is 0 Å². The highest BCUT2D eigenvalue weighted by Gasteiger charge is 1.65. The Labute approximate surface area is 46.4 Å². The minimum absolute atomic E-state index is 0. The molecule has 6 heavy (non-hydrogen) atoms.